The van der Waals surface area contributed by atoms with Gasteiger partial charge in [-0.15, -0.1) is 0 Å². The van der Waals surface area contributed by atoms with Gasteiger partial charge in [-0.1, -0.05) is 13.0 Å². The lowest BCUT2D eigenvalue weighted by Crippen LogP contribution is -2.24. The zero-order chi connectivity index (χ0) is 13.5. The van der Waals surface area contributed by atoms with Gasteiger partial charge < -0.3 is 15.4 Å². The molecule has 0 heterocycles. The summed E-state index contributed by atoms with van der Waals surface area (Å²) < 4.78 is 5.15. The zero-order valence-corrected chi connectivity index (χ0v) is 11.5. The number of carbonyl (C=O) groups is 1. The molecule has 0 aliphatic heterocycles. The van der Waals surface area contributed by atoms with E-state index in [-0.39, 0.29) is 11.9 Å². The number of rotatable bonds is 6. The largest absolute Gasteiger partial charge is 0.383 e. The number of amides is 1. The molecule has 0 saturated heterocycles. The number of ether oxygens (including phenoxy) is 1. The van der Waals surface area contributed by atoms with Crippen LogP contribution in [0, 0.1) is 6.92 Å². The number of nitrogens with one attached hydrogen (secondary N) is 2. The van der Waals surface area contributed by atoms with Gasteiger partial charge in [-0.3, -0.25) is 4.79 Å². The van der Waals surface area contributed by atoms with Crippen LogP contribution in [0.15, 0.2) is 18.2 Å². The molecule has 0 fully saturated rings. The Bertz CT molecular complexity index is 405. The molecule has 4 heteroatoms. The molecule has 1 rings (SSSR count). The van der Waals surface area contributed by atoms with E-state index in [1.165, 1.54) is 6.92 Å². The smallest absolute Gasteiger partial charge is 0.221 e. The van der Waals surface area contributed by atoms with Crippen LogP contribution >= 0.6 is 0 Å². The molecular weight excluding hydrogens is 228 g/mol. The van der Waals surface area contributed by atoms with E-state index in [0.29, 0.717) is 6.61 Å². The molecule has 1 aromatic carbocycles. The van der Waals surface area contributed by atoms with E-state index in [9.17, 15) is 4.79 Å². The highest BCUT2D eigenvalue weighted by atomic mass is 16.5. The second-order valence-corrected chi connectivity index (χ2v) is 4.42. The lowest BCUT2D eigenvalue weighted by Gasteiger charge is -2.18. The maximum atomic E-state index is 11.1. The lowest BCUT2D eigenvalue weighted by atomic mass is 10.1. The SMILES string of the molecule is CCC(COC)Nc1ccc(C)c(NC(C)=O)c1. The molecular formula is C14H22N2O2. The maximum Gasteiger partial charge on any atom is 0.221 e. The fourth-order valence-electron chi connectivity index (χ4n) is 1.73. The van der Waals surface area contributed by atoms with Gasteiger partial charge in [0, 0.05) is 31.5 Å². The minimum absolute atomic E-state index is 0.0563. The molecule has 1 amide bonds. The van der Waals surface area contributed by atoms with E-state index < -0.39 is 0 Å². The molecule has 0 aliphatic carbocycles. The van der Waals surface area contributed by atoms with Crippen molar-refractivity contribution in [2.75, 3.05) is 24.4 Å². The minimum Gasteiger partial charge on any atom is -0.383 e. The summed E-state index contributed by atoms with van der Waals surface area (Å²) in [6.45, 7) is 6.26. The topological polar surface area (TPSA) is 50.4 Å². The number of anilines is 2. The van der Waals surface area contributed by atoms with E-state index in [1.54, 1.807) is 7.11 Å². The first-order valence-corrected chi connectivity index (χ1v) is 6.20. The van der Waals surface area contributed by atoms with Gasteiger partial charge in [-0.05, 0) is 31.0 Å². The monoisotopic (exact) mass is 250 g/mol. The number of hydrogen-bond donors (Lipinski definition) is 2. The van der Waals surface area contributed by atoms with Crippen molar-refractivity contribution in [3.63, 3.8) is 0 Å². The summed E-state index contributed by atoms with van der Waals surface area (Å²) >= 11 is 0. The molecule has 18 heavy (non-hydrogen) atoms. The Morgan fingerprint density at radius 1 is 1.44 bits per heavy atom. The van der Waals surface area contributed by atoms with E-state index in [0.717, 1.165) is 23.4 Å². The molecule has 2 N–H and O–H groups in total. The molecule has 0 saturated carbocycles. The first kappa shape index (κ1) is 14.5. The van der Waals surface area contributed by atoms with Crippen molar-refractivity contribution < 1.29 is 9.53 Å². The standard InChI is InChI=1S/C14H22N2O2/c1-5-12(9-18-4)16-13-7-6-10(2)14(8-13)15-11(3)17/h6-8,12,16H,5,9H2,1-4H3,(H,15,17). The Morgan fingerprint density at radius 2 is 2.17 bits per heavy atom. The molecule has 0 aliphatic rings. The van der Waals surface area contributed by atoms with Gasteiger partial charge in [-0.25, -0.2) is 0 Å². The molecule has 0 aromatic heterocycles. The summed E-state index contributed by atoms with van der Waals surface area (Å²) in [6, 6.07) is 6.24. The van der Waals surface area contributed by atoms with Gasteiger partial charge in [0.15, 0.2) is 0 Å². The maximum absolute atomic E-state index is 11.1. The summed E-state index contributed by atoms with van der Waals surface area (Å²) in [5.74, 6) is -0.0563. The summed E-state index contributed by atoms with van der Waals surface area (Å²) in [5.41, 5.74) is 2.89. The molecule has 0 spiro atoms. The molecule has 0 radical (unpaired) electrons. The minimum atomic E-state index is -0.0563. The van der Waals surface area contributed by atoms with Crippen molar-refractivity contribution >= 4 is 17.3 Å². The third-order valence-corrected chi connectivity index (χ3v) is 2.78. The fraction of sp³-hybridized carbons (Fsp3) is 0.500. The van der Waals surface area contributed by atoms with Crippen LogP contribution in [-0.4, -0.2) is 25.7 Å². The van der Waals surface area contributed by atoms with Crippen LogP contribution in [0.1, 0.15) is 25.8 Å². The van der Waals surface area contributed by atoms with Gasteiger partial charge >= 0.3 is 0 Å². The van der Waals surface area contributed by atoms with Crippen LogP contribution in [0.5, 0.6) is 0 Å². The highest BCUT2D eigenvalue weighted by molar-refractivity contribution is 5.90. The zero-order valence-electron chi connectivity index (χ0n) is 11.5. The van der Waals surface area contributed by atoms with Crippen molar-refractivity contribution in [2.24, 2.45) is 0 Å². The molecule has 1 unspecified atom stereocenters. The Kier molecular flexibility index (Phi) is 5.65. The predicted octanol–water partition coefficient (Wildman–Crippen LogP) is 2.79. The van der Waals surface area contributed by atoms with Crippen LogP contribution in [0.3, 0.4) is 0 Å². The van der Waals surface area contributed by atoms with Gasteiger partial charge in [0.2, 0.25) is 5.91 Å². The van der Waals surface area contributed by atoms with Crippen LogP contribution in [0.25, 0.3) is 0 Å². The summed E-state index contributed by atoms with van der Waals surface area (Å²) in [6.07, 6.45) is 0.983. The third kappa shape index (κ3) is 4.37. The van der Waals surface area contributed by atoms with Crippen molar-refractivity contribution in [1.29, 1.82) is 0 Å². The quantitative estimate of drug-likeness (QED) is 0.816. The Balaban J connectivity index is 2.80. The first-order chi connectivity index (χ1) is 8.56. The second-order valence-electron chi connectivity index (χ2n) is 4.42. The number of aryl methyl sites for hydroxylation is 1. The second kappa shape index (κ2) is 7.01. The number of carbonyl (C=O) groups excluding carboxylic acids is 1. The van der Waals surface area contributed by atoms with Crippen LogP contribution in [-0.2, 0) is 9.53 Å². The van der Waals surface area contributed by atoms with Crippen molar-refractivity contribution in [1.82, 2.24) is 0 Å². The van der Waals surface area contributed by atoms with Crippen molar-refractivity contribution in [2.45, 2.75) is 33.2 Å². The first-order valence-electron chi connectivity index (χ1n) is 6.20. The number of benzene rings is 1. The van der Waals surface area contributed by atoms with Crippen LogP contribution in [0.4, 0.5) is 11.4 Å². The summed E-state index contributed by atoms with van der Waals surface area (Å²) in [7, 11) is 1.70. The molecule has 0 bridgehead atoms. The molecule has 1 aromatic rings. The molecule has 4 nitrogen and oxygen atoms in total. The van der Waals surface area contributed by atoms with Gasteiger partial charge in [-0.2, -0.15) is 0 Å². The average Bonchev–Trinajstić information content (AvgIpc) is 2.32. The predicted molar refractivity (Wildman–Crippen MR) is 75.1 cm³/mol. The van der Waals surface area contributed by atoms with Crippen LogP contribution in [0.2, 0.25) is 0 Å². The van der Waals surface area contributed by atoms with E-state index in [4.69, 9.17) is 4.74 Å². The summed E-state index contributed by atoms with van der Waals surface area (Å²) in [5, 5.41) is 6.22. The average molecular weight is 250 g/mol. The lowest BCUT2D eigenvalue weighted by molar-refractivity contribution is -0.114. The highest BCUT2D eigenvalue weighted by Crippen LogP contribution is 2.21. The van der Waals surface area contributed by atoms with Crippen molar-refractivity contribution in [3.8, 4) is 0 Å². The molecule has 1 atom stereocenters. The van der Waals surface area contributed by atoms with E-state index in [2.05, 4.69) is 17.6 Å². The summed E-state index contributed by atoms with van der Waals surface area (Å²) in [4.78, 5) is 11.1. The highest BCUT2D eigenvalue weighted by Gasteiger charge is 2.07. The Hall–Kier alpha value is -1.55. The number of methoxy groups -OCH3 is 1. The van der Waals surface area contributed by atoms with Gasteiger partial charge in [0.1, 0.15) is 0 Å². The van der Waals surface area contributed by atoms with E-state index in [1.807, 2.05) is 25.1 Å². The Labute approximate surface area is 109 Å². The molecule has 100 valence electrons. The van der Waals surface area contributed by atoms with Crippen molar-refractivity contribution in [3.05, 3.63) is 23.8 Å². The fourth-order valence-corrected chi connectivity index (χ4v) is 1.73. The van der Waals surface area contributed by atoms with Crippen LogP contribution < -0.4 is 10.6 Å². The Morgan fingerprint density at radius 3 is 2.72 bits per heavy atom. The number of hydrogen-bond acceptors (Lipinski definition) is 3. The van der Waals surface area contributed by atoms with E-state index >= 15 is 0 Å². The van der Waals surface area contributed by atoms with Gasteiger partial charge in [0.25, 0.3) is 0 Å². The normalized spacial score (nSPS) is 12.0. The van der Waals surface area contributed by atoms with Gasteiger partial charge in [0.05, 0.1) is 6.61 Å². The third-order valence-electron chi connectivity index (χ3n) is 2.78.